The maximum absolute atomic E-state index is 15.4. The number of aliphatic hydroxyl groups is 1. The molecule has 11 amide bonds. The molecule has 1 saturated heterocycles. The van der Waals surface area contributed by atoms with Crippen molar-refractivity contribution in [3.05, 3.63) is 12.2 Å². The summed E-state index contributed by atoms with van der Waals surface area (Å²) in [5.41, 5.74) is 0. The van der Waals surface area contributed by atoms with Gasteiger partial charge in [-0.05, 0) is 126 Å². The molecular formula is C68H124N12O12S. The maximum atomic E-state index is 15.4. The molecule has 534 valence electrons. The number of aliphatic hydroxyl groups excluding tert-OH is 1. The minimum atomic E-state index is -1.63. The Morgan fingerprint density at radius 2 is 0.914 bits per heavy atom. The second-order valence-electron chi connectivity index (χ2n) is 27.9. The molecule has 0 saturated carbocycles. The number of thioether (sulfide) groups is 1. The van der Waals surface area contributed by atoms with Crippen LogP contribution in [0.2, 0.25) is 0 Å². The molecule has 93 heavy (non-hydrogen) atoms. The zero-order valence-electron chi connectivity index (χ0n) is 61.6. The van der Waals surface area contributed by atoms with E-state index in [1.165, 1.54) is 104 Å². The summed E-state index contributed by atoms with van der Waals surface area (Å²) in [5.74, 6) is -9.77. The molecular weight excluding hydrogens is 1210 g/mol. The third kappa shape index (κ3) is 24.1. The van der Waals surface area contributed by atoms with Crippen LogP contribution in [-0.4, -0.2) is 256 Å². The topological polar surface area (TPSA) is 282 Å². The van der Waals surface area contributed by atoms with Gasteiger partial charge in [-0.1, -0.05) is 123 Å². The lowest BCUT2D eigenvalue weighted by atomic mass is 9.91. The number of hydrogen-bond donors (Lipinski definition) is 5. The summed E-state index contributed by atoms with van der Waals surface area (Å²) >= 11 is 1.20. The lowest BCUT2D eigenvalue weighted by Gasteiger charge is -2.41. The van der Waals surface area contributed by atoms with E-state index in [0.29, 0.717) is 25.1 Å². The van der Waals surface area contributed by atoms with Crippen molar-refractivity contribution in [1.82, 2.24) is 60.5 Å². The minimum Gasteiger partial charge on any atom is -0.390 e. The molecule has 0 aromatic rings. The van der Waals surface area contributed by atoms with Crippen LogP contribution in [0.15, 0.2) is 12.2 Å². The molecule has 0 aliphatic carbocycles. The normalized spacial score (nSPS) is 26.5. The first kappa shape index (κ1) is 85.2. The Morgan fingerprint density at radius 3 is 1.38 bits per heavy atom. The number of amides is 11. The maximum Gasteiger partial charge on any atom is 0.256 e. The van der Waals surface area contributed by atoms with Crippen molar-refractivity contribution in [1.29, 1.82) is 0 Å². The van der Waals surface area contributed by atoms with E-state index in [4.69, 9.17) is 0 Å². The average molecular weight is 1330 g/mol. The van der Waals surface area contributed by atoms with Crippen molar-refractivity contribution >= 4 is 76.7 Å². The second-order valence-corrected chi connectivity index (χ2v) is 29.1. The van der Waals surface area contributed by atoms with Gasteiger partial charge in [0.1, 0.15) is 60.4 Å². The average Bonchev–Trinajstić information content (AvgIpc) is 0.841. The summed E-state index contributed by atoms with van der Waals surface area (Å²) in [6.45, 7) is 36.2. The molecule has 25 heteroatoms. The van der Waals surface area contributed by atoms with Gasteiger partial charge in [0.15, 0.2) is 5.37 Å². The van der Waals surface area contributed by atoms with E-state index in [2.05, 4.69) is 26.2 Å². The monoisotopic (exact) mass is 1330 g/mol. The van der Waals surface area contributed by atoms with Gasteiger partial charge in [-0.2, -0.15) is 0 Å². The summed E-state index contributed by atoms with van der Waals surface area (Å²) in [6.07, 6.45) is 3.48. The van der Waals surface area contributed by atoms with Crippen LogP contribution in [-0.2, 0) is 52.7 Å². The number of nitrogens with one attached hydrogen (secondary N) is 4. The number of hydrogen-bond acceptors (Lipinski definition) is 14. The van der Waals surface area contributed by atoms with E-state index in [1.807, 2.05) is 68.4 Å². The van der Waals surface area contributed by atoms with E-state index < -0.39 is 161 Å². The van der Waals surface area contributed by atoms with Gasteiger partial charge in [0, 0.05) is 49.3 Å². The number of rotatable bonds is 21. The zero-order valence-corrected chi connectivity index (χ0v) is 62.4. The van der Waals surface area contributed by atoms with Crippen LogP contribution in [0, 0.1) is 41.4 Å². The Bertz CT molecular complexity index is 2510. The van der Waals surface area contributed by atoms with Crippen LogP contribution in [0.1, 0.15) is 170 Å². The van der Waals surface area contributed by atoms with Crippen molar-refractivity contribution in [2.75, 3.05) is 74.7 Å². The molecule has 0 unspecified atom stereocenters. The molecule has 13 atom stereocenters. The Hall–Kier alpha value is -5.82. The van der Waals surface area contributed by atoms with E-state index in [1.54, 1.807) is 61.5 Å². The first-order chi connectivity index (χ1) is 43.1. The summed E-state index contributed by atoms with van der Waals surface area (Å²) in [7, 11) is 10.1. The molecule has 0 bridgehead atoms. The summed E-state index contributed by atoms with van der Waals surface area (Å²) in [6, 6.07) is -12.5. The van der Waals surface area contributed by atoms with E-state index >= 15 is 28.8 Å². The molecule has 1 aliphatic heterocycles. The van der Waals surface area contributed by atoms with Crippen LogP contribution in [0.25, 0.3) is 0 Å². The summed E-state index contributed by atoms with van der Waals surface area (Å²) in [4.78, 5) is 175. The van der Waals surface area contributed by atoms with Gasteiger partial charge in [-0.25, -0.2) is 0 Å². The summed E-state index contributed by atoms with van der Waals surface area (Å²) in [5, 5.41) is 22.2. The molecule has 1 aliphatic rings. The Kier molecular flexibility index (Phi) is 36.6. The number of carbonyl (C=O) groups excluding carboxylic acids is 11. The predicted octanol–water partition coefficient (Wildman–Crippen LogP) is 4.67. The lowest BCUT2D eigenvalue weighted by Crippen LogP contribution is -2.64. The molecule has 1 fully saturated rings. The molecule has 0 radical (unpaired) electrons. The highest BCUT2D eigenvalue weighted by molar-refractivity contribution is 8.00. The SMILES string of the molecule is C/C=C/C[C@@H](C)[C@@H](O)[C@H]1C(=O)N[C@@H](CC)C(=O)N(C)[C@H](SCCCN(CC)CC)C(=O)N(C)[C@@H](C(C)C)C(=O)N[C@@H](C(C)C)C(=O)N(C)[C@@H](CC(C)C)C(=O)N[C@@H](C)C(=O)N[C@H](C)C(=O)N(C)[C@@H](CC(C)C)C(=O)N(C)[C@@H](CC(C)C)C(=O)N(C)[C@@H](C(C)C)C(=O)N1C. The first-order valence-corrected chi connectivity index (χ1v) is 34.9. The molecule has 5 N–H and O–H groups in total. The molecule has 0 spiro atoms. The predicted molar refractivity (Wildman–Crippen MR) is 368 cm³/mol. The fraction of sp³-hybridized carbons (Fsp3) is 0.809. The van der Waals surface area contributed by atoms with Crippen molar-refractivity contribution in [2.45, 2.75) is 242 Å². The molecule has 1 heterocycles. The number of carbonyl (C=O) groups is 11. The fourth-order valence-electron chi connectivity index (χ4n) is 11.9. The van der Waals surface area contributed by atoms with Gasteiger partial charge in [0.25, 0.3) is 5.91 Å². The number of allylic oxidation sites excluding steroid dienone is 2. The van der Waals surface area contributed by atoms with E-state index in [0.717, 1.165) is 18.0 Å². The van der Waals surface area contributed by atoms with Crippen molar-refractivity contribution in [2.24, 2.45) is 41.4 Å². The van der Waals surface area contributed by atoms with Gasteiger partial charge in [0.2, 0.25) is 59.1 Å². The van der Waals surface area contributed by atoms with Crippen LogP contribution < -0.4 is 21.3 Å². The van der Waals surface area contributed by atoms with Gasteiger partial charge in [-0.15, -0.1) is 11.8 Å². The highest BCUT2D eigenvalue weighted by Crippen LogP contribution is 2.27. The number of nitrogens with zero attached hydrogens (tertiary/aromatic N) is 8. The fourth-order valence-corrected chi connectivity index (χ4v) is 13.1. The largest absolute Gasteiger partial charge is 0.390 e. The first-order valence-electron chi connectivity index (χ1n) is 33.8. The minimum absolute atomic E-state index is 0.00699. The smallest absolute Gasteiger partial charge is 0.256 e. The highest BCUT2D eigenvalue weighted by atomic mass is 32.2. The van der Waals surface area contributed by atoms with Gasteiger partial charge in [0.05, 0.1) is 6.10 Å². The van der Waals surface area contributed by atoms with Crippen molar-refractivity contribution in [3.8, 4) is 0 Å². The Balaban J connectivity index is 4.52. The quantitative estimate of drug-likeness (QED) is 0.0772. The van der Waals surface area contributed by atoms with Crippen LogP contribution in [0.3, 0.4) is 0 Å². The van der Waals surface area contributed by atoms with Crippen LogP contribution >= 0.6 is 11.8 Å². The third-order valence-electron chi connectivity index (χ3n) is 17.8. The van der Waals surface area contributed by atoms with E-state index in [-0.39, 0.29) is 43.4 Å². The standard InChI is InChI=1S/C68H124N12O12S/c1-27-31-33-45(17)56(81)55-60(85)71-48(28-2)62(87)79(26)68(93-35-32-34-80(29-3)30-4)67(92)76(23)53(43(13)14)59(84)72-52(42(11)12)65(90)73(20)49(36-39(5)6)58(83)69-46(18)57(82)70-47(19)61(86)74(21)50(37-40(7)8)63(88)75(22)51(38-41(9)10)64(89)77(24)54(44(15)16)66(91)78(55)25/h27,31,39-56,68,81H,28-30,32-38H2,1-26H3,(H,69,83)(H,70,82)(H,71,85)(H,72,84)/b31-27+/t45-,46+,47-,48+,49+,50+,51+,52+,53+,54+,55+,56-,68-/m1/s1. The Labute approximate surface area is 562 Å². The molecule has 0 aromatic heterocycles. The lowest BCUT2D eigenvalue weighted by molar-refractivity contribution is -0.157. The molecule has 1 rings (SSSR count). The zero-order chi connectivity index (χ0) is 72.0. The van der Waals surface area contributed by atoms with Gasteiger partial charge in [-0.3, -0.25) is 52.7 Å². The van der Waals surface area contributed by atoms with E-state index in [9.17, 15) is 29.1 Å². The van der Waals surface area contributed by atoms with Crippen molar-refractivity contribution in [3.63, 3.8) is 0 Å². The van der Waals surface area contributed by atoms with Gasteiger partial charge >= 0.3 is 0 Å². The summed E-state index contributed by atoms with van der Waals surface area (Å²) < 4.78 is 0. The third-order valence-corrected chi connectivity index (χ3v) is 19.2. The van der Waals surface area contributed by atoms with Gasteiger partial charge < -0.3 is 65.6 Å². The van der Waals surface area contributed by atoms with Crippen LogP contribution in [0.4, 0.5) is 0 Å². The highest BCUT2D eigenvalue weighted by Gasteiger charge is 2.47. The Morgan fingerprint density at radius 1 is 0.473 bits per heavy atom. The second kappa shape index (κ2) is 39.9. The van der Waals surface area contributed by atoms with Crippen LogP contribution in [0.5, 0.6) is 0 Å². The molecule has 0 aromatic carbocycles. The number of likely N-dealkylation sites (N-methyl/N-ethyl adjacent to an activating group) is 7. The van der Waals surface area contributed by atoms with Crippen molar-refractivity contribution < 1.29 is 57.8 Å². The molecule has 24 nitrogen and oxygen atoms in total.